The first kappa shape index (κ1) is 22.4. The molecule has 31 heavy (non-hydrogen) atoms. The maximum Gasteiger partial charge on any atom is 0.339 e. The van der Waals surface area contributed by atoms with Gasteiger partial charge in [-0.1, -0.05) is 19.4 Å². The van der Waals surface area contributed by atoms with Crippen molar-refractivity contribution in [1.29, 1.82) is 0 Å². The molecule has 3 aromatic rings. The van der Waals surface area contributed by atoms with Crippen LogP contribution < -0.4 is 0 Å². The number of rotatable bonds is 9. The molecule has 8 heteroatoms. The predicted octanol–water partition coefficient (Wildman–Crippen LogP) is 4.42. The van der Waals surface area contributed by atoms with E-state index in [-0.39, 0.29) is 5.57 Å². The molecule has 0 aliphatic carbocycles. The van der Waals surface area contributed by atoms with Crippen molar-refractivity contribution in [2.45, 2.75) is 39.7 Å². The van der Waals surface area contributed by atoms with Gasteiger partial charge < -0.3 is 14.4 Å². The van der Waals surface area contributed by atoms with Gasteiger partial charge in [0.15, 0.2) is 0 Å². The number of carbonyl (C=O) groups is 2. The van der Waals surface area contributed by atoms with E-state index in [9.17, 15) is 14.7 Å². The summed E-state index contributed by atoms with van der Waals surface area (Å²) in [4.78, 5) is 33.4. The molecule has 3 aromatic heterocycles. The fraction of sp³-hybridized carbons (Fsp3) is 0.304. The number of ether oxygens (including phenoxy) is 1. The van der Waals surface area contributed by atoms with Gasteiger partial charge in [-0.2, -0.15) is 0 Å². The topological polar surface area (TPSA) is 94.3 Å². The zero-order valence-corrected chi connectivity index (χ0v) is 18.6. The third-order valence-electron chi connectivity index (χ3n) is 4.98. The number of methoxy groups -OCH3 is 1. The molecular formula is C23H25N3O4S. The number of unbranched alkanes of at least 4 members (excludes halogenated alkanes) is 1. The number of esters is 1. The molecule has 0 fully saturated rings. The Labute approximate surface area is 185 Å². The lowest BCUT2D eigenvalue weighted by Crippen LogP contribution is -2.12. The Morgan fingerprint density at radius 1 is 1.19 bits per heavy atom. The number of aryl methyl sites for hydroxylation is 1. The van der Waals surface area contributed by atoms with Crippen LogP contribution in [0.4, 0.5) is 0 Å². The summed E-state index contributed by atoms with van der Waals surface area (Å²) < 4.78 is 6.76. The quantitative estimate of drug-likeness (QED) is 0.392. The van der Waals surface area contributed by atoms with E-state index in [0.717, 1.165) is 41.4 Å². The van der Waals surface area contributed by atoms with Crippen LogP contribution in [0.1, 0.15) is 59.1 Å². The van der Waals surface area contributed by atoms with Crippen molar-refractivity contribution < 1.29 is 19.4 Å². The highest BCUT2D eigenvalue weighted by Crippen LogP contribution is 2.32. The largest absolute Gasteiger partial charge is 0.478 e. The van der Waals surface area contributed by atoms with Crippen molar-refractivity contribution in [2.24, 2.45) is 0 Å². The first-order valence-electron chi connectivity index (χ1n) is 10.0. The molecule has 0 unspecified atom stereocenters. The Kier molecular flexibility index (Phi) is 7.36. The van der Waals surface area contributed by atoms with E-state index < -0.39 is 11.9 Å². The fourth-order valence-corrected chi connectivity index (χ4v) is 4.11. The second-order valence-corrected chi connectivity index (χ2v) is 8.01. The summed E-state index contributed by atoms with van der Waals surface area (Å²) in [5, 5.41) is 11.6. The summed E-state index contributed by atoms with van der Waals surface area (Å²) in [7, 11) is 1.33. The third-order valence-corrected chi connectivity index (χ3v) is 5.86. The highest BCUT2D eigenvalue weighted by Gasteiger charge is 2.21. The lowest BCUT2D eigenvalue weighted by Gasteiger charge is -2.15. The first-order valence-corrected chi connectivity index (χ1v) is 10.9. The van der Waals surface area contributed by atoms with Crippen molar-refractivity contribution in [3.63, 3.8) is 0 Å². The molecule has 0 radical (unpaired) electrons. The number of nitrogens with zero attached hydrogens (tertiary/aromatic N) is 3. The average molecular weight is 440 g/mol. The van der Waals surface area contributed by atoms with E-state index in [1.54, 1.807) is 25.3 Å². The number of carboxylic acids is 1. The molecule has 0 aliphatic heterocycles. The maximum atomic E-state index is 11.8. The SMILES string of the molecule is CCCCc1ncc(/C(=C(/C)C(=O)O)c2cccs2)n1Cc1ccc(C(=O)OC)cn1. The maximum absolute atomic E-state index is 11.8. The third kappa shape index (κ3) is 5.08. The summed E-state index contributed by atoms with van der Waals surface area (Å²) in [6.45, 7) is 4.15. The summed E-state index contributed by atoms with van der Waals surface area (Å²) in [6.07, 6.45) is 6.01. The molecule has 3 rings (SSSR count). The molecule has 0 atom stereocenters. The van der Waals surface area contributed by atoms with Gasteiger partial charge in [-0.15, -0.1) is 11.3 Å². The summed E-state index contributed by atoms with van der Waals surface area (Å²) in [5.41, 5.74) is 2.78. The monoisotopic (exact) mass is 439 g/mol. The number of carboxylic acid groups (broad SMARTS) is 1. The molecule has 0 spiro atoms. The lowest BCUT2D eigenvalue weighted by molar-refractivity contribution is -0.132. The van der Waals surface area contributed by atoms with E-state index >= 15 is 0 Å². The molecule has 0 amide bonds. The van der Waals surface area contributed by atoms with E-state index in [4.69, 9.17) is 4.74 Å². The zero-order valence-electron chi connectivity index (χ0n) is 17.8. The van der Waals surface area contributed by atoms with Crippen molar-refractivity contribution in [3.05, 3.63) is 75.3 Å². The van der Waals surface area contributed by atoms with Crippen molar-refractivity contribution >= 4 is 28.8 Å². The standard InChI is InChI=1S/C23H25N3O4S/c1-4-5-8-20-25-13-18(21(15(2)22(27)28)19-7-6-11-31-19)26(20)14-17-10-9-16(12-24-17)23(29)30-3/h6-7,9-13H,4-5,8,14H2,1-3H3,(H,27,28)/b21-15+. The van der Waals surface area contributed by atoms with Crippen LogP contribution in [0.25, 0.3) is 5.57 Å². The normalized spacial score (nSPS) is 11.8. The van der Waals surface area contributed by atoms with Gasteiger partial charge in [0.25, 0.3) is 0 Å². The minimum absolute atomic E-state index is 0.264. The Morgan fingerprint density at radius 2 is 2.00 bits per heavy atom. The Morgan fingerprint density at radius 3 is 2.58 bits per heavy atom. The van der Waals surface area contributed by atoms with Crippen LogP contribution >= 0.6 is 11.3 Å². The molecule has 162 valence electrons. The van der Waals surface area contributed by atoms with Crippen LogP contribution in [0.5, 0.6) is 0 Å². The number of carbonyl (C=O) groups excluding carboxylic acids is 1. The van der Waals surface area contributed by atoms with Gasteiger partial charge in [0.05, 0.1) is 36.8 Å². The van der Waals surface area contributed by atoms with Crippen LogP contribution in [0, 0.1) is 0 Å². The minimum Gasteiger partial charge on any atom is -0.478 e. The van der Waals surface area contributed by atoms with Crippen LogP contribution in [-0.4, -0.2) is 38.7 Å². The van der Waals surface area contributed by atoms with Crippen LogP contribution in [0.15, 0.2) is 47.6 Å². The predicted molar refractivity (Wildman–Crippen MR) is 119 cm³/mol. The van der Waals surface area contributed by atoms with Crippen LogP contribution in [-0.2, 0) is 22.5 Å². The fourth-order valence-electron chi connectivity index (χ4n) is 3.27. The summed E-state index contributed by atoms with van der Waals surface area (Å²) in [6, 6.07) is 7.27. The smallest absolute Gasteiger partial charge is 0.339 e. The van der Waals surface area contributed by atoms with E-state index in [1.807, 2.05) is 22.1 Å². The molecule has 0 bridgehead atoms. The highest BCUT2D eigenvalue weighted by atomic mass is 32.1. The Balaban J connectivity index is 2.08. The zero-order chi connectivity index (χ0) is 22.4. The van der Waals surface area contributed by atoms with Crippen molar-refractivity contribution in [2.75, 3.05) is 7.11 Å². The van der Waals surface area contributed by atoms with Gasteiger partial charge in [-0.25, -0.2) is 14.6 Å². The highest BCUT2D eigenvalue weighted by molar-refractivity contribution is 7.11. The number of hydrogen-bond donors (Lipinski definition) is 1. The van der Waals surface area contributed by atoms with Gasteiger partial charge in [0.1, 0.15) is 5.82 Å². The first-order chi connectivity index (χ1) is 15.0. The van der Waals surface area contributed by atoms with Crippen LogP contribution in [0.3, 0.4) is 0 Å². The number of hydrogen-bond acceptors (Lipinski definition) is 6. The molecule has 7 nitrogen and oxygen atoms in total. The molecular weight excluding hydrogens is 414 g/mol. The Hall–Kier alpha value is -3.26. The second kappa shape index (κ2) is 10.2. The molecule has 3 heterocycles. The van der Waals surface area contributed by atoms with Gasteiger partial charge in [0, 0.05) is 28.6 Å². The van der Waals surface area contributed by atoms with Gasteiger partial charge >= 0.3 is 11.9 Å². The van der Waals surface area contributed by atoms with Crippen molar-refractivity contribution in [1.82, 2.24) is 14.5 Å². The molecule has 0 saturated heterocycles. The average Bonchev–Trinajstić information content (AvgIpc) is 3.43. The lowest BCUT2D eigenvalue weighted by atomic mass is 10.0. The second-order valence-electron chi connectivity index (χ2n) is 7.06. The minimum atomic E-state index is -0.966. The van der Waals surface area contributed by atoms with Gasteiger partial charge in [-0.3, -0.25) is 4.98 Å². The number of pyridine rings is 1. The van der Waals surface area contributed by atoms with E-state index in [1.165, 1.54) is 24.6 Å². The van der Waals surface area contributed by atoms with E-state index in [0.29, 0.717) is 17.7 Å². The summed E-state index contributed by atoms with van der Waals surface area (Å²) >= 11 is 1.49. The number of aromatic nitrogens is 3. The molecule has 0 aliphatic rings. The molecule has 0 saturated carbocycles. The van der Waals surface area contributed by atoms with Gasteiger partial charge in [-0.05, 0) is 36.9 Å². The number of thiophene rings is 1. The Bertz CT molecular complexity index is 1080. The van der Waals surface area contributed by atoms with Gasteiger partial charge in [0.2, 0.25) is 0 Å². The van der Waals surface area contributed by atoms with Crippen molar-refractivity contribution in [3.8, 4) is 0 Å². The number of imidazole rings is 1. The summed E-state index contributed by atoms with van der Waals surface area (Å²) in [5.74, 6) is -0.527. The molecule has 0 aromatic carbocycles. The number of aliphatic carboxylic acids is 1. The van der Waals surface area contributed by atoms with E-state index in [2.05, 4.69) is 16.9 Å². The molecule has 1 N–H and O–H groups in total. The van der Waals surface area contributed by atoms with Crippen LogP contribution in [0.2, 0.25) is 0 Å².